The Balaban J connectivity index is 2.36. The van der Waals surface area contributed by atoms with E-state index in [1.807, 2.05) is 0 Å². The third-order valence-corrected chi connectivity index (χ3v) is 3.71. The van der Waals surface area contributed by atoms with Crippen LogP contribution in [0.1, 0.15) is 16.7 Å². The standard InChI is InChI=1S/C15H13BrFNO3/c1-9-6-15(10(2)5-13(9)18(19)20)21-14-4-3-11(8-16)7-12(14)17/h3-7H,8H2,1-2H3. The first-order valence-corrected chi connectivity index (χ1v) is 7.32. The minimum absolute atomic E-state index is 0.0231. The van der Waals surface area contributed by atoms with Crippen molar-refractivity contribution in [1.29, 1.82) is 0 Å². The van der Waals surface area contributed by atoms with Gasteiger partial charge in [0.25, 0.3) is 5.69 Å². The van der Waals surface area contributed by atoms with Crippen LogP contribution in [0.4, 0.5) is 10.1 Å². The smallest absolute Gasteiger partial charge is 0.272 e. The molecule has 2 rings (SSSR count). The monoisotopic (exact) mass is 353 g/mol. The molecular weight excluding hydrogens is 341 g/mol. The fourth-order valence-electron chi connectivity index (χ4n) is 1.91. The first kappa shape index (κ1) is 15.4. The van der Waals surface area contributed by atoms with Gasteiger partial charge in [0.05, 0.1) is 4.92 Å². The Morgan fingerprint density at radius 1 is 1.19 bits per heavy atom. The summed E-state index contributed by atoms with van der Waals surface area (Å²) in [6, 6.07) is 7.65. The number of nitro benzene ring substituents is 1. The van der Waals surface area contributed by atoms with Crippen molar-refractivity contribution in [3.63, 3.8) is 0 Å². The number of rotatable bonds is 4. The van der Waals surface area contributed by atoms with Crippen LogP contribution in [-0.2, 0) is 5.33 Å². The highest BCUT2D eigenvalue weighted by molar-refractivity contribution is 9.08. The quantitative estimate of drug-likeness (QED) is 0.439. The van der Waals surface area contributed by atoms with Gasteiger partial charge in [-0.2, -0.15) is 0 Å². The largest absolute Gasteiger partial charge is 0.454 e. The summed E-state index contributed by atoms with van der Waals surface area (Å²) in [6.07, 6.45) is 0. The van der Waals surface area contributed by atoms with Crippen LogP contribution < -0.4 is 4.74 Å². The number of nitrogens with zero attached hydrogens (tertiary/aromatic N) is 1. The molecule has 0 saturated carbocycles. The van der Waals surface area contributed by atoms with Crippen LogP contribution in [0.2, 0.25) is 0 Å². The van der Waals surface area contributed by atoms with Gasteiger partial charge in [-0.3, -0.25) is 10.1 Å². The van der Waals surface area contributed by atoms with Gasteiger partial charge in [-0.1, -0.05) is 22.0 Å². The van der Waals surface area contributed by atoms with Crippen molar-refractivity contribution in [3.05, 3.63) is 63.0 Å². The van der Waals surface area contributed by atoms with E-state index in [2.05, 4.69) is 15.9 Å². The van der Waals surface area contributed by atoms with Crippen LogP contribution in [0.25, 0.3) is 0 Å². The molecule has 0 aliphatic rings. The van der Waals surface area contributed by atoms with Crippen LogP contribution in [0.3, 0.4) is 0 Å². The second kappa shape index (κ2) is 6.22. The number of hydrogen-bond donors (Lipinski definition) is 0. The SMILES string of the molecule is Cc1cc([N+](=O)[O-])c(C)cc1Oc1ccc(CBr)cc1F. The predicted octanol–water partition coefficient (Wildman–Crippen LogP) is 5.04. The van der Waals surface area contributed by atoms with Crippen molar-refractivity contribution in [1.82, 2.24) is 0 Å². The van der Waals surface area contributed by atoms with Gasteiger partial charge < -0.3 is 4.74 Å². The minimum atomic E-state index is -0.470. The van der Waals surface area contributed by atoms with Gasteiger partial charge in [0, 0.05) is 17.0 Å². The van der Waals surface area contributed by atoms with Crippen molar-refractivity contribution in [2.75, 3.05) is 0 Å². The molecule has 0 aliphatic heterocycles. The number of aryl methyl sites for hydroxylation is 2. The third-order valence-electron chi connectivity index (χ3n) is 3.06. The summed E-state index contributed by atoms with van der Waals surface area (Å²) in [4.78, 5) is 10.4. The summed E-state index contributed by atoms with van der Waals surface area (Å²) in [5.74, 6) is 0.0296. The summed E-state index contributed by atoms with van der Waals surface area (Å²) in [7, 11) is 0. The lowest BCUT2D eigenvalue weighted by Gasteiger charge is -2.11. The van der Waals surface area contributed by atoms with Crippen LogP contribution in [-0.4, -0.2) is 4.92 Å². The molecule has 0 unspecified atom stereocenters. The molecule has 2 aromatic carbocycles. The van der Waals surface area contributed by atoms with Gasteiger partial charge in [0.2, 0.25) is 0 Å². The highest BCUT2D eigenvalue weighted by atomic mass is 79.9. The molecule has 0 saturated heterocycles. The van der Waals surface area contributed by atoms with Crippen molar-refractivity contribution >= 4 is 21.6 Å². The number of ether oxygens (including phenoxy) is 1. The summed E-state index contributed by atoms with van der Waals surface area (Å²) < 4.78 is 19.5. The molecule has 110 valence electrons. The zero-order chi connectivity index (χ0) is 15.6. The molecular formula is C15H13BrFNO3. The van der Waals surface area contributed by atoms with E-state index in [9.17, 15) is 14.5 Å². The first-order chi connectivity index (χ1) is 9.92. The maximum atomic E-state index is 13.9. The summed E-state index contributed by atoms with van der Waals surface area (Å²) in [5, 5.41) is 11.4. The van der Waals surface area contributed by atoms with Gasteiger partial charge in [0.15, 0.2) is 11.6 Å². The van der Waals surface area contributed by atoms with Crippen LogP contribution in [0.5, 0.6) is 11.5 Å². The van der Waals surface area contributed by atoms with E-state index in [0.29, 0.717) is 22.2 Å². The molecule has 0 spiro atoms. The van der Waals surface area contributed by atoms with Gasteiger partial charge >= 0.3 is 0 Å². The van der Waals surface area contributed by atoms with Crippen molar-refractivity contribution in [2.24, 2.45) is 0 Å². The Labute approximate surface area is 129 Å². The highest BCUT2D eigenvalue weighted by Crippen LogP contribution is 2.32. The molecule has 21 heavy (non-hydrogen) atoms. The molecule has 0 atom stereocenters. The Morgan fingerprint density at radius 2 is 1.90 bits per heavy atom. The molecule has 4 nitrogen and oxygen atoms in total. The molecule has 0 heterocycles. The Morgan fingerprint density at radius 3 is 2.48 bits per heavy atom. The maximum absolute atomic E-state index is 13.9. The Hall–Kier alpha value is -1.95. The van der Waals surface area contributed by atoms with Crippen LogP contribution in [0, 0.1) is 29.8 Å². The molecule has 0 aliphatic carbocycles. The molecule has 2 aromatic rings. The first-order valence-electron chi connectivity index (χ1n) is 6.20. The number of benzene rings is 2. The average molecular weight is 354 g/mol. The lowest BCUT2D eigenvalue weighted by atomic mass is 10.1. The predicted molar refractivity (Wildman–Crippen MR) is 81.7 cm³/mol. The summed E-state index contributed by atoms with van der Waals surface area (Å²) in [6.45, 7) is 3.31. The number of nitro groups is 1. The van der Waals surface area contributed by atoms with Crippen molar-refractivity contribution < 1.29 is 14.1 Å². The van der Waals surface area contributed by atoms with Crippen LogP contribution >= 0.6 is 15.9 Å². The van der Waals surface area contributed by atoms with Gasteiger partial charge in [-0.15, -0.1) is 0 Å². The van der Waals surface area contributed by atoms with Gasteiger partial charge in [0.1, 0.15) is 5.75 Å². The fraction of sp³-hybridized carbons (Fsp3) is 0.200. The molecule has 0 fully saturated rings. The van der Waals surface area contributed by atoms with E-state index < -0.39 is 10.7 Å². The summed E-state index contributed by atoms with van der Waals surface area (Å²) >= 11 is 3.25. The number of hydrogen-bond acceptors (Lipinski definition) is 3. The zero-order valence-corrected chi connectivity index (χ0v) is 13.1. The highest BCUT2D eigenvalue weighted by Gasteiger charge is 2.15. The molecule has 0 aromatic heterocycles. The second-order valence-electron chi connectivity index (χ2n) is 4.66. The molecule has 0 radical (unpaired) electrons. The van der Waals surface area contributed by atoms with E-state index >= 15 is 0 Å². The topological polar surface area (TPSA) is 52.4 Å². The van der Waals surface area contributed by atoms with Crippen molar-refractivity contribution in [2.45, 2.75) is 19.2 Å². The van der Waals surface area contributed by atoms with Crippen molar-refractivity contribution in [3.8, 4) is 11.5 Å². The zero-order valence-electron chi connectivity index (χ0n) is 11.5. The van der Waals surface area contributed by atoms with Crippen LogP contribution in [0.15, 0.2) is 30.3 Å². The minimum Gasteiger partial charge on any atom is -0.454 e. The van der Waals surface area contributed by atoms with E-state index in [4.69, 9.17) is 4.74 Å². The molecule has 0 bridgehead atoms. The van der Waals surface area contributed by atoms with E-state index in [1.54, 1.807) is 32.0 Å². The lowest BCUT2D eigenvalue weighted by molar-refractivity contribution is -0.385. The molecule has 0 amide bonds. The van der Waals surface area contributed by atoms with Gasteiger partial charge in [-0.25, -0.2) is 4.39 Å². The number of alkyl halides is 1. The Kier molecular flexibility index (Phi) is 4.57. The second-order valence-corrected chi connectivity index (χ2v) is 5.22. The van der Waals surface area contributed by atoms with E-state index in [0.717, 1.165) is 5.56 Å². The normalized spacial score (nSPS) is 10.5. The number of halogens is 2. The maximum Gasteiger partial charge on any atom is 0.272 e. The third kappa shape index (κ3) is 3.39. The fourth-order valence-corrected chi connectivity index (χ4v) is 2.26. The van der Waals surface area contributed by atoms with Gasteiger partial charge in [-0.05, 0) is 43.2 Å². The summed E-state index contributed by atoms with van der Waals surface area (Å²) in [5.41, 5.74) is 1.88. The van der Waals surface area contributed by atoms with E-state index in [-0.39, 0.29) is 11.4 Å². The average Bonchev–Trinajstić information content (AvgIpc) is 2.44. The molecule has 0 N–H and O–H groups in total. The Bertz CT molecular complexity index is 704. The molecule has 6 heteroatoms. The lowest BCUT2D eigenvalue weighted by Crippen LogP contribution is -1.96. The van der Waals surface area contributed by atoms with E-state index in [1.165, 1.54) is 12.1 Å².